The van der Waals surface area contributed by atoms with Crippen molar-refractivity contribution in [1.29, 1.82) is 0 Å². The fourth-order valence-corrected chi connectivity index (χ4v) is 3.25. The maximum atomic E-state index is 6.36. The van der Waals surface area contributed by atoms with E-state index in [0.717, 1.165) is 11.3 Å². The number of aromatic nitrogens is 2. The monoisotopic (exact) mass is 425 g/mol. The van der Waals surface area contributed by atoms with Crippen LogP contribution in [0.5, 0.6) is 0 Å². The van der Waals surface area contributed by atoms with Crippen LogP contribution < -0.4 is 5.32 Å². The lowest BCUT2D eigenvalue weighted by molar-refractivity contribution is 0.175. The van der Waals surface area contributed by atoms with E-state index in [2.05, 4.69) is 10.3 Å². The van der Waals surface area contributed by atoms with Gasteiger partial charge in [0.05, 0.1) is 12.9 Å². The van der Waals surface area contributed by atoms with Crippen molar-refractivity contribution in [3.63, 3.8) is 0 Å². The Hall–Kier alpha value is -1.79. The highest BCUT2D eigenvalue weighted by atomic mass is 35.5. The number of nitrogens with one attached hydrogen (secondary N) is 1. The molecule has 1 heterocycles. The minimum absolute atomic E-state index is 0.225. The van der Waals surface area contributed by atoms with E-state index in [0.29, 0.717) is 21.6 Å². The minimum Gasteiger partial charge on any atom is -0.461 e. The van der Waals surface area contributed by atoms with Crippen LogP contribution in [0, 0.1) is 0 Å². The summed E-state index contributed by atoms with van der Waals surface area (Å²) >= 11 is 23.6. The lowest BCUT2D eigenvalue weighted by atomic mass is 10.1. The summed E-state index contributed by atoms with van der Waals surface area (Å²) in [7, 11) is 0. The van der Waals surface area contributed by atoms with Crippen LogP contribution in [0.15, 0.2) is 61.2 Å². The van der Waals surface area contributed by atoms with Gasteiger partial charge in [-0.15, -0.1) is 0 Å². The van der Waals surface area contributed by atoms with Crippen molar-refractivity contribution in [2.75, 3.05) is 5.32 Å². The van der Waals surface area contributed by atoms with Gasteiger partial charge < -0.3 is 14.6 Å². The molecule has 134 valence electrons. The molecular formula is C18H14Cl3N3OS. The molecule has 0 saturated heterocycles. The molecule has 1 atom stereocenters. The first-order valence-electron chi connectivity index (χ1n) is 7.65. The van der Waals surface area contributed by atoms with Crippen molar-refractivity contribution < 1.29 is 4.74 Å². The Morgan fingerprint density at radius 1 is 1.12 bits per heavy atom. The number of nitrogens with zero attached hydrogens (tertiary/aromatic N) is 2. The van der Waals surface area contributed by atoms with Gasteiger partial charge in [0.1, 0.15) is 6.10 Å². The Balaban J connectivity index is 1.78. The second-order valence-corrected chi connectivity index (χ2v) is 7.10. The van der Waals surface area contributed by atoms with Crippen LogP contribution >= 0.6 is 47.0 Å². The van der Waals surface area contributed by atoms with Crippen LogP contribution in [0.1, 0.15) is 11.7 Å². The molecule has 1 N–H and O–H groups in total. The average molecular weight is 427 g/mol. The zero-order chi connectivity index (χ0) is 18.5. The molecular weight excluding hydrogens is 413 g/mol. The summed E-state index contributed by atoms with van der Waals surface area (Å²) in [6, 6.07) is 12.5. The number of ether oxygens (including phenoxy) is 1. The Kier molecular flexibility index (Phi) is 6.38. The standard InChI is InChI=1S/C18H14Cl3N3OS/c19-12-1-4-14(5-2-12)23-18(26)25-17(10-24-8-7-22-11-24)15-6-3-13(20)9-16(15)21/h1-9,11,17H,10H2,(H,23,26). The average Bonchev–Trinajstić information content (AvgIpc) is 3.09. The van der Waals surface area contributed by atoms with Crippen LogP contribution in [-0.2, 0) is 11.3 Å². The van der Waals surface area contributed by atoms with Gasteiger partial charge >= 0.3 is 0 Å². The van der Waals surface area contributed by atoms with Crippen LogP contribution in [0.25, 0.3) is 0 Å². The third-order valence-corrected chi connectivity index (χ3v) is 4.60. The largest absolute Gasteiger partial charge is 0.461 e. The molecule has 0 saturated carbocycles. The summed E-state index contributed by atoms with van der Waals surface area (Å²) in [5.41, 5.74) is 1.56. The van der Waals surface area contributed by atoms with Gasteiger partial charge in [-0.05, 0) is 48.6 Å². The van der Waals surface area contributed by atoms with Gasteiger partial charge in [-0.2, -0.15) is 0 Å². The van der Waals surface area contributed by atoms with Crippen molar-refractivity contribution in [3.8, 4) is 0 Å². The number of rotatable bonds is 5. The number of benzene rings is 2. The van der Waals surface area contributed by atoms with Crippen LogP contribution in [0.4, 0.5) is 5.69 Å². The topological polar surface area (TPSA) is 39.1 Å². The van der Waals surface area contributed by atoms with E-state index in [9.17, 15) is 0 Å². The first kappa shape index (κ1) is 19.0. The number of imidazole rings is 1. The quantitative estimate of drug-likeness (QED) is 0.508. The summed E-state index contributed by atoms with van der Waals surface area (Å²) in [5.74, 6) is 0. The number of hydrogen-bond acceptors (Lipinski definition) is 3. The predicted octanol–water partition coefficient (Wildman–Crippen LogP) is 6.00. The number of thiocarbonyl (C=S) groups is 1. The van der Waals surface area contributed by atoms with Crippen molar-refractivity contribution >= 4 is 57.9 Å². The number of anilines is 1. The van der Waals surface area contributed by atoms with Crippen molar-refractivity contribution in [2.24, 2.45) is 0 Å². The molecule has 8 heteroatoms. The highest BCUT2D eigenvalue weighted by molar-refractivity contribution is 7.80. The molecule has 26 heavy (non-hydrogen) atoms. The summed E-state index contributed by atoms with van der Waals surface area (Å²) in [6.07, 6.45) is 4.83. The zero-order valence-corrected chi connectivity index (χ0v) is 16.5. The molecule has 3 rings (SSSR count). The van der Waals surface area contributed by atoms with Gasteiger partial charge in [-0.1, -0.05) is 40.9 Å². The fraction of sp³-hybridized carbons (Fsp3) is 0.111. The Labute approximate surface area is 171 Å². The summed E-state index contributed by atoms with van der Waals surface area (Å²) in [6.45, 7) is 0.490. The van der Waals surface area contributed by atoms with E-state index in [1.165, 1.54) is 0 Å². The summed E-state index contributed by atoms with van der Waals surface area (Å²) in [4.78, 5) is 4.05. The van der Waals surface area contributed by atoms with Crippen LogP contribution in [0.2, 0.25) is 15.1 Å². The van der Waals surface area contributed by atoms with Crippen LogP contribution in [-0.4, -0.2) is 14.7 Å². The van der Waals surface area contributed by atoms with E-state index in [1.807, 2.05) is 29.0 Å². The van der Waals surface area contributed by atoms with E-state index >= 15 is 0 Å². The molecule has 1 aromatic heterocycles. The number of hydrogen-bond donors (Lipinski definition) is 1. The lowest BCUT2D eigenvalue weighted by Gasteiger charge is -2.22. The van der Waals surface area contributed by atoms with Crippen LogP contribution in [0.3, 0.4) is 0 Å². The SMILES string of the molecule is S=C(Nc1ccc(Cl)cc1)OC(Cn1ccnc1)c1ccc(Cl)cc1Cl. The first-order valence-corrected chi connectivity index (χ1v) is 9.19. The molecule has 0 bridgehead atoms. The second-order valence-electron chi connectivity index (χ2n) is 5.45. The van der Waals surface area contributed by atoms with Gasteiger partial charge in [0.2, 0.25) is 0 Å². The molecule has 0 spiro atoms. The number of halogens is 3. The molecule has 0 aliphatic rings. The summed E-state index contributed by atoms with van der Waals surface area (Å²) in [5, 5.41) is 4.98. The van der Waals surface area contributed by atoms with E-state index in [4.69, 9.17) is 51.8 Å². The Bertz CT molecular complexity index is 885. The van der Waals surface area contributed by atoms with Gasteiger partial charge in [0.25, 0.3) is 5.17 Å². The normalized spacial score (nSPS) is 11.8. The van der Waals surface area contributed by atoms with Gasteiger partial charge in [-0.3, -0.25) is 0 Å². The molecule has 4 nitrogen and oxygen atoms in total. The van der Waals surface area contributed by atoms with Gasteiger partial charge in [0.15, 0.2) is 0 Å². The highest BCUT2D eigenvalue weighted by Crippen LogP contribution is 2.30. The molecule has 0 amide bonds. The maximum absolute atomic E-state index is 6.36. The third-order valence-electron chi connectivity index (χ3n) is 3.59. The molecule has 0 aliphatic heterocycles. The Morgan fingerprint density at radius 3 is 2.50 bits per heavy atom. The molecule has 3 aromatic rings. The first-order chi connectivity index (χ1) is 12.5. The van der Waals surface area contributed by atoms with Crippen molar-refractivity contribution in [3.05, 3.63) is 81.8 Å². The van der Waals surface area contributed by atoms with Crippen molar-refractivity contribution in [1.82, 2.24) is 9.55 Å². The Morgan fingerprint density at radius 2 is 1.85 bits per heavy atom. The molecule has 2 aromatic carbocycles. The zero-order valence-electron chi connectivity index (χ0n) is 13.4. The molecule has 0 fully saturated rings. The predicted molar refractivity (Wildman–Crippen MR) is 110 cm³/mol. The fourth-order valence-electron chi connectivity index (χ4n) is 2.36. The molecule has 0 radical (unpaired) electrons. The molecule has 1 unspecified atom stereocenters. The third kappa shape index (κ3) is 5.11. The maximum Gasteiger partial charge on any atom is 0.261 e. The lowest BCUT2D eigenvalue weighted by Crippen LogP contribution is -2.20. The minimum atomic E-state index is -0.415. The smallest absolute Gasteiger partial charge is 0.261 e. The van der Waals surface area contributed by atoms with Crippen molar-refractivity contribution in [2.45, 2.75) is 12.6 Å². The second kappa shape index (κ2) is 8.73. The van der Waals surface area contributed by atoms with E-state index < -0.39 is 6.10 Å². The molecule has 0 aliphatic carbocycles. The van der Waals surface area contributed by atoms with Gasteiger partial charge in [0, 0.05) is 38.7 Å². The summed E-state index contributed by atoms with van der Waals surface area (Å²) < 4.78 is 7.87. The highest BCUT2D eigenvalue weighted by Gasteiger charge is 2.19. The van der Waals surface area contributed by atoms with E-state index in [1.54, 1.807) is 36.8 Å². The van der Waals surface area contributed by atoms with E-state index in [-0.39, 0.29) is 5.17 Å². The van der Waals surface area contributed by atoms with Gasteiger partial charge in [-0.25, -0.2) is 4.98 Å².